The van der Waals surface area contributed by atoms with E-state index in [2.05, 4.69) is 34.7 Å². The van der Waals surface area contributed by atoms with Crippen LogP contribution in [0.3, 0.4) is 0 Å². The van der Waals surface area contributed by atoms with Crippen molar-refractivity contribution in [3.05, 3.63) is 94.8 Å². The molecule has 0 unspecified atom stereocenters. The Morgan fingerprint density at radius 3 is 2.55 bits per heavy atom. The van der Waals surface area contributed by atoms with E-state index < -0.39 is 5.97 Å². The van der Waals surface area contributed by atoms with Crippen LogP contribution in [0.1, 0.15) is 32.9 Å². The first-order valence-electron chi connectivity index (χ1n) is 9.48. The van der Waals surface area contributed by atoms with Crippen LogP contribution in [0.4, 0.5) is 0 Å². The molecule has 4 aromatic rings. The van der Waals surface area contributed by atoms with Crippen LogP contribution in [-0.2, 0) is 13.2 Å². The third-order valence-electron chi connectivity index (χ3n) is 4.94. The maximum atomic E-state index is 11.3. The zero-order chi connectivity index (χ0) is 20.4. The minimum Gasteiger partial charge on any atom is -0.485 e. The van der Waals surface area contributed by atoms with Crippen LogP contribution in [0.2, 0.25) is 0 Å². The van der Waals surface area contributed by atoms with E-state index in [1.165, 1.54) is 5.56 Å². The lowest BCUT2D eigenvalue weighted by atomic mass is 10.1. The molecule has 0 saturated carbocycles. The normalized spacial score (nSPS) is 11.0. The molecule has 0 aliphatic heterocycles. The van der Waals surface area contributed by atoms with Crippen molar-refractivity contribution < 1.29 is 14.6 Å². The van der Waals surface area contributed by atoms with Gasteiger partial charge in [0.2, 0.25) is 0 Å². The molecule has 5 nitrogen and oxygen atoms in total. The first-order chi connectivity index (χ1) is 14.0. The molecule has 0 fully saturated rings. The van der Waals surface area contributed by atoms with Crippen LogP contribution in [-0.4, -0.2) is 20.6 Å². The number of aromatic carboxylic acids is 1. The summed E-state index contributed by atoms with van der Waals surface area (Å²) in [6.07, 6.45) is 0. The number of rotatable bonds is 6. The van der Waals surface area contributed by atoms with Crippen LogP contribution in [0.5, 0.6) is 5.75 Å². The van der Waals surface area contributed by atoms with Gasteiger partial charge in [-0.3, -0.25) is 0 Å². The van der Waals surface area contributed by atoms with Crippen LogP contribution >= 0.6 is 0 Å². The lowest BCUT2D eigenvalue weighted by Crippen LogP contribution is -2.09. The summed E-state index contributed by atoms with van der Waals surface area (Å²) in [6.45, 7) is 5.01. The summed E-state index contributed by atoms with van der Waals surface area (Å²) < 4.78 is 8.15. The van der Waals surface area contributed by atoms with E-state index in [0.29, 0.717) is 18.7 Å². The smallest absolute Gasteiger partial charge is 0.335 e. The Balaban J connectivity index is 1.72. The Morgan fingerprint density at radius 1 is 1.03 bits per heavy atom. The van der Waals surface area contributed by atoms with Gasteiger partial charge in [0.1, 0.15) is 18.2 Å². The number of aryl methyl sites for hydroxylation is 2. The average molecular weight is 386 g/mol. The summed E-state index contributed by atoms with van der Waals surface area (Å²) in [5.74, 6) is 0.615. The van der Waals surface area contributed by atoms with Gasteiger partial charge < -0.3 is 14.4 Å². The molecule has 146 valence electrons. The SMILES string of the molecule is Cc1ccc(OCc2nc3cc(C(=O)O)ccc3n2Cc2ccccc2)c(C)c1. The number of carboxylic acid groups (broad SMARTS) is 1. The quantitative estimate of drug-likeness (QED) is 0.508. The van der Waals surface area contributed by atoms with Gasteiger partial charge in [-0.2, -0.15) is 0 Å². The second-order valence-corrected chi connectivity index (χ2v) is 7.17. The summed E-state index contributed by atoms with van der Waals surface area (Å²) in [4.78, 5) is 16.0. The molecule has 1 aromatic heterocycles. The van der Waals surface area contributed by atoms with Crippen LogP contribution in [0.15, 0.2) is 66.7 Å². The van der Waals surface area contributed by atoms with Gasteiger partial charge in [-0.15, -0.1) is 0 Å². The zero-order valence-corrected chi connectivity index (χ0v) is 16.4. The minimum absolute atomic E-state index is 0.226. The van der Waals surface area contributed by atoms with E-state index in [1.54, 1.807) is 12.1 Å². The average Bonchev–Trinajstić information content (AvgIpc) is 3.05. The van der Waals surface area contributed by atoms with Gasteiger partial charge in [0.15, 0.2) is 0 Å². The molecule has 0 aliphatic carbocycles. The molecule has 0 amide bonds. The van der Waals surface area contributed by atoms with Gasteiger partial charge in [-0.25, -0.2) is 9.78 Å². The number of hydrogen-bond acceptors (Lipinski definition) is 3. The van der Waals surface area contributed by atoms with Crippen LogP contribution in [0, 0.1) is 13.8 Å². The number of aromatic nitrogens is 2. The summed E-state index contributed by atoms with van der Waals surface area (Å²) in [7, 11) is 0. The Morgan fingerprint density at radius 2 is 1.83 bits per heavy atom. The first kappa shape index (κ1) is 18.7. The second-order valence-electron chi connectivity index (χ2n) is 7.17. The fourth-order valence-electron chi connectivity index (χ4n) is 3.47. The number of carboxylic acids is 1. The highest BCUT2D eigenvalue weighted by Crippen LogP contribution is 2.23. The van der Waals surface area contributed by atoms with Gasteiger partial charge in [0.25, 0.3) is 0 Å². The predicted octanol–water partition coefficient (Wildman–Crippen LogP) is 4.98. The van der Waals surface area contributed by atoms with Crippen LogP contribution < -0.4 is 4.74 Å². The number of benzene rings is 3. The Kier molecular flexibility index (Phi) is 5.04. The first-order valence-corrected chi connectivity index (χ1v) is 9.48. The molecule has 0 spiro atoms. The maximum absolute atomic E-state index is 11.3. The predicted molar refractivity (Wildman–Crippen MR) is 112 cm³/mol. The zero-order valence-electron chi connectivity index (χ0n) is 16.4. The third-order valence-corrected chi connectivity index (χ3v) is 4.94. The fraction of sp³-hybridized carbons (Fsp3) is 0.167. The van der Waals surface area contributed by atoms with E-state index in [1.807, 2.05) is 43.3 Å². The molecular formula is C24H22N2O3. The molecule has 0 bridgehead atoms. The van der Waals surface area contributed by atoms with Crippen LogP contribution in [0.25, 0.3) is 11.0 Å². The van der Waals surface area contributed by atoms with E-state index in [-0.39, 0.29) is 5.56 Å². The van der Waals surface area contributed by atoms with Crippen molar-refractivity contribution in [2.24, 2.45) is 0 Å². The molecule has 0 radical (unpaired) electrons. The molecule has 0 aliphatic rings. The molecule has 1 heterocycles. The van der Waals surface area contributed by atoms with Crippen molar-refractivity contribution >= 4 is 17.0 Å². The van der Waals surface area contributed by atoms with Crippen molar-refractivity contribution in [3.63, 3.8) is 0 Å². The maximum Gasteiger partial charge on any atom is 0.335 e. The lowest BCUT2D eigenvalue weighted by molar-refractivity contribution is 0.0697. The standard InChI is InChI=1S/C24H22N2O3/c1-16-8-11-22(17(2)12-16)29-15-23-25-20-13-19(24(27)28)9-10-21(20)26(23)14-18-6-4-3-5-7-18/h3-13H,14-15H2,1-2H3,(H,27,28). The summed E-state index contributed by atoms with van der Waals surface area (Å²) >= 11 is 0. The molecule has 0 saturated heterocycles. The van der Waals surface area contributed by atoms with Gasteiger partial charge in [-0.05, 0) is 49.2 Å². The lowest BCUT2D eigenvalue weighted by Gasteiger charge is -2.12. The van der Waals surface area contributed by atoms with Crippen molar-refractivity contribution in [2.75, 3.05) is 0 Å². The topological polar surface area (TPSA) is 64.3 Å². The van der Waals surface area contributed by atoms with E-state index in [4.69, 9.17) is 4.74 Å². The van der Waals surface area contributed by atoms with Crippen molar-refractivity contribution in [2.45, 2.75) is 27.0 Å². The summed E-state index contributed by atoms with van der Waals surface area (Å²) in [6, 6.07) is 21.2. The number of imidazole rings is 1. The second kappa shape index (κ2) is 7.80. The number of nitrogens with zero attached hydrogens (tertiary/aromatic N) is 2. The fourth-order valence-corrected chi connectivity index (χ4v) is 3.47. The van der Waals surface area contributed by atoms with Gasteiger partial charge in [0.05, 0.1) is 16.6 Å². The molecular weight excluding hydrogens is 364 g/mol. The molecule has 3 aromatic carbocycles. The molecule has 5 heteroatoms. The Bertz CT molecular complexity index is 1180. The van der Waals surface area contributed by atoms with Gasteiger partial charge in [-0.1, -0.05) is 48.0 Å². The number of ether oxygens (including phenoxy) is 1. The molecule has 29 heavy (non-hydrogen) atoms. The monoisotopic (exact) mass is 386 g/mol. The summed E-state index contributed by atoms with van der Waals surface area (Å²) in [5.41, 5.74) is 5.17. The molecule has 4 rings (SSSR count). The highest BCUT2D eigenvalue weighted by atomic mass is 16.5. The largest absolute Gasteiger partial charge is 0.485 e. The highest BCUT2D eigenvalue weighted by Gasteiger charge is 2.14. The highest BCUT2D eigenvalue weighted by molar-refractivity contribution is 5.92. The van der Waals surface area contributed by atoms with E-state index >= 15 is 0 Å². The Hall–Kier alpha value is -3.60. The van der Waals surface area contributed by atoms with Crippen molar-refractivity contribution in [3.8, 4) is 5.75 Å². The van der Waals surface area contributed by atoms with Crippen molar-refractivity contribution in [1.29, 1.82) is 0 Å². The van der Waals surface area contributed by atoms with E-state index in [0.717, 1.165) is 28.2 Å². The minimum atomic E-state index is -0.961. The van der Waals surface area contributed by atoms with E-state index in [9.17, 15) is 9.90 Å². The molecule has 0 atom stereocenters. The van der Waals surface area contributed by atoms with Gasteiger partial charge >= 0.3 is 5.97 Å². The summed E-state index contributed by atoms with van der Waals surface area (Å²) in [5, 5.41) is 9.30. The number of fused-ring (bicyclic) bond motifs is 1. The number of hydrogen-bond donors (Lipinski definition) is 1. The van der Waals surface area contributed by atoms with Gasteiger partial charge in [0, 0.05) is 6.54 Å². The third kappa shape index (κ3) is 3.99. The number of carbonyl (C=O) groups is 1. The van der Waals surface area contributed by atoms with Crippen molar-refractivity contribution in [1.82, 2.24) is 9.55 Å². The Labute approximate surface area is 169 Å². The molecule has 1 N–H and O–H groups in total.